The van der Waals surface area contributed by atoms with Crippen LogP contribution in [0.5, 0.6) is 0 Å². The average Bonchev–Trinajstić information content (AvgIpc) is 3.53. The molecule has 9 nitrogen and oxygen atoms in total. The summed E-state index contributed by atoms with van der Waals surface area (Å²) >= 11 is 0. The van der Waals surface area contributed by atoms with Crippen molar-refractivity contribution in [1.82, 2.24) is 14.9 Å². The fraction of sp³-hybridized carbons (Fsp3) is 0.667. The molecule has 2 aromatic rings. The van der Waals surface area contributed by atoms with Crippen LogP contribution in [0.4, 0.5) is 17.5 Å². The van der Waals surface area contributed by atoms with Gasteiger partial charge >= 0.3 is 0 Å². The molecule has 0 atom stereocenters. The lowest BCUT2D eigenvalue weighted by atomic mass is 9.57. The fourth-order valence-corrected chi connectivity index (χ4v) is 10.9. The SMILES string of the molecule is Cc1cc(S(=O)(=O)C2CC3(CCN(C(C)C)CC3)C2)ccc1Nc1ncc2c(n1)N(C1CCCC1)C(=O)C21CC(C)(O)C1. The number of likely N-dealkylation sites (tertiary alicyclic amines) is 1. The van der Waals surface area contributed by atoms with Gasteiger partial charge in [0.25, 0.3) is 0 Å². The summed E-state index contributed by atoms with van der Waals surface area (Å²) in [6, 6.07) is 5.93. The molecule has 3 aliphatic carbocycles. The molecule has 5 aliphatic rings. The maximum absolute atomic E-state index is 13.8. The molecule has 3 saturated carbocycles. The molecule has 2 aliphatic heterocycles. The molecule has 10 heteroatoms. The number of amides is 1. The van der Waals surface area contributed by atoms with E-state index in [2.05, 4.69) is 29.0 Å². The van der Waals surface area contributed by atoms with Crippen LogP contribution in [0.2, 0.25) is 0 Å². The predicted octanol–water partition coefficient (Wildman–Crippen LogP) is 5.03. The van der Waals surface area contributed by atoms with E-state index in [1.54, 1.807) is 31.3 Å². The normalized spacial score (nSPS) is 24.9. The maximum atomic E-state index is 13.8. The van der Waals surface area contributed by atoms with Gasteiger partial charge in [0.05, 0.1) is 21.2 Å². The number of sulfone groups is 1. The molecular formula is C33H45N5O4S. The zero-order valence-corrected chi connectivity index (χ0v) is 26.7. The van der Waals surface area contributed by atoms with Gasteiger partial charge in [-0.3, -0.25) is 9.69 Å². The molecule has 0 radical (unpaired) electrons. The summed E-state index contributed by atoms with van der Waals surface area (Å²) in [7, 11) is -3.41. The third kappa shape index (κ3) is 4.70. The fourth-order valence-electron chi connectivity index (χ4n) is 8.80. The van der Waals surface area contributed by atoms with Gasteiger partial charge in [0.15, 0.2) is 9.84 Å². The minimum Gasteiger partial charge on any atom is -0.390 e. The van der Waals surface area contributed by atoms with E-state index in [1.165, 1.54) is 0 Å². The summed E-state index contributed by atoms with van der Waals surface area (Å²) in [5.41, 5.74) is 0.944. The van der Waals surface area contributed by atoms with Crippen LogP contribution < -0.4 is 10.2 Å². The Bertz CT molecular complexity index is 1540. The Balaban J connectivity index is 1.08. The first-order valence-corrected chi connectivity index (χ1v) is 17.7. The first kappa shape index (κ1) is 29.2. The second-order valence-corrected chi connectivity index (χ2v) is 17.0. The van der Waals surface area contributed by atoms with Gasteiger partial charge in [-0.05, 0) is 121 Å². The van der Waals surface area contributed by atoms with Gasteiger partial charge in [-0.2, -0.15) is 4.98 Å². The predicted molar refractivity (Wildman–Crippen MR) is 166 cm³/mol. The molecule has 232 valence electrons. The highest BCUT2D eigenvalue weighted by Gasteiger charge is 2.64. The van der Waals surface area contributed by atoms with Crippen molar-refractivity contribution < 1.29 is 18.3 Å². The highest BCUT2D eigenvalue weighted by molar-refractivity contribution is 7.92. The average molecular weight is 608 g/mol. The third-order valence-electron chi connectivity index (χ3n) is 11.3. The second kappa shape index (κ2) is 9.97. The molecule has 1 saturated heterocycles. The zero-order valence-electron chi connectivity index (χ0n) is 25.9. The molecular weight excluding hydrogens is 562 g/mol. The van der Waals surface area contributed by atoms with Crippen molar-refractivity contribution in [3.05, 3.63) is 35.5 Å². The number of nitrogens with zero attached hydrogens (tertiary/aromatic N) is 4. The molecule has 3 heterocycles. The number of aromatic nitrogens is 2. The largest absolute Gasteiger partial charge is 0.390 e. The quantitative estimate of drug-likeness (QED) is 0.470. The Morgan fingerprint density at radius 2 is 1.77 bits per heavy atom. The number of hydrogen-bond acceptors (Lipinski definition) is 8. The van der Waals surface area contributed by atoms with Crippen molar-refractivity contribution in [2.45, 2.75) is 125 Å². The van der Waals surface area contributed by atoms with E-state index in [0.717, 1.165) is 81.3 Å². The Kier molecular flexibility index (Phi) is 6.77. The summed E-state index contributed by atoms with van der Waals surface area (Å²) in [6.45, 7) is 10.3. The number of carbonyl (C=O) groups excluding carboxylic acids is 1. The molecule has 1 amide bonds. The standard InChI is InChI=1S/C33H45N5O4S/c1-21(2)37-13-11-32(12-14-37)16-25(17-32)43(41,42)24-9-10-27(22(3)15-24)35-30-34-18-26-28(36-30)38(23-7-5-6-8-23)29(39)33(26)19-31(4,40)20-33/h9-10,15,18,21,23,25,40H,5-8,11-14,16-17,19-20H2,1-4H3,(H,34,35,36). The Morgan fingerprint density at radius 3 is 2.37 bits per heavy atom. The number of benzene rings is 1. The van der Waals surface area contributed by atoms with Crippen LogP contribution >= 0.6 is 0 Å². The van der Waals surface area contributed by atoms with Crippen LogP contribution in [0.1, 0.15) is 96.1 Å². The lowest BCUT2D eigenvalue weighted by molar-refractivity contribution is -0.140. The van der Waals surface area contributed by atoms with Crippen molar-refractivity contribution in [2.75, 3.05) is 23.3 Å². The zero-order chi connectivity index (χ0) is 30.4. The van der Waals surface area contributed by atoms with E-state index in [9.17, 15) is 18.3 Å². The number of piperidine rings is 1. The van der Waals surface area contributed by atoms with Gasteiger partial charge < -0.3 is 15.3 Å². The van der Waals surface area contributed by atoms with Crippen LogP contribution in [0.25, 0.3) is 0 Å². The summed E-state index contributed by atoms with van der Waals surface area (Å²) in [6.07, 6.45) is 10.3. The minimum absolute atomic E-state index is 0.0429. The van der Waals surface area contributed by atoms with Gasteiger partial charge in [0.2, 0.25) is 11.9 Å². The molecule has 0 bridgehead atoms. The number of fused-ring (bicyclic) bond motifs is 2. The van der Waals surface area contributed by atoms with E-state index in [0.29, 0.717) is 35.5 Å². The second-order valence-electron chi connectivity index (χ2n) is 14.8. The highest BCUT2D eigenvalue weighted by atomic mass is 32.2. The number of hydrogen-bond donors (Lipinski definition) is 2. The van der Waals surface area contributed by atoms with Gasteiger partial charge in [-0.15, -0.1) is 0 Å². The number of aliphatic hydroxyl groups is 1. The Labute approximate surface area is 255 Å². The maximum Gasteiger partial charge on any atom is 0.239 e. The van der Waals surface area contributed by atoms with Crippen molar-refractivity contribution >= 4 is 33.2 Å². The highest BCUT2D eigenvalue weighted by Crippen LogP contribution is 2.58. The Morgan fingerprint density at radius 1 is 1.09 bits per heavy atom. The molecule has 4 fully saturated rings. The molecule has 0 unspecified atom stereocenters. The Hall–Kier alpha value is -2.56. The summed E-state index contributed by atoms with van der Waals surface area (Å²) in [5.74, 6) is 1.08. The number of anilines is 3. The lowest BCUT2D eigenvalue weighted by Crippen LogP contribution is -2.58. The number of nitrogens with one attached hydrogen (secondary N) is 1. The van der Waals surface area contributed by atoms with E-state index in [1.807, 2.05) is 11.8 Å². The van der Waals surface area contributed by atoms with Crippen molar-refractivity contribution in [2.24, 2.45) is 5.41 Å². The molecule has 2 N–H and O–H groups in total. The monoisotopic (exact) mass is 607 g/mol. The summed E-state index contributed by atoms with van der Waals surface area (Å²) in [5, 5.41) is 13.6. The van der Waals surface area contributed by atoms with Crippen molar-refractivity contribution in [3.63, 3.8) is 0 Å². The first-order chi connectivity index (χ1) is 20.3. The van der Waals surface area contributed by atoms with E-state index < -0.39 is 20.9 Å². The van der Waals surface area contributed by atoms with Crippen LogP contribution in [0.3, 0.4) is 0 Å². The van der Waals surface area contributed by atoms with E-state index in [-0.39, 0.29) is 22.6 Å². The van der Waals surface area contributed by atoms with Gasteiger partial charge in [0, 0.05) is 29.5 Å². The molecule has 1 aromatic carbocycles. The van der Waals surface area contributed by atoms with Crippen LogP contribution in [-0.4, -0.2) is 70.3 Å². The van der Waals surface area contributed by atoms with Crippen LogP contribution in [-0.2, 0) is 20.0 Å². The first-order valence-electron chi connectivity index (χ1n) is 16.1. The van der Waals surface area contributed by atoms with Crippen LogP contribution in [0.15, 0.2) is 29.3 Å². The topological polar surface area (TPSA) is 116 Å². The third-order valence-corrected chi connectivity index (χ3v) is 13.4. The summed E-state index contributed by atoms with van der Waals surface area (Å²) in [4.78, 5) is 28.0. The van der Waals surface area contributed by atoms with Crippen LogP contribution in [0, 0.1) is 12.3 Å². The minimum atomic E-state index is -3.41. The smallest absolute Gasteiger partial charge is 0.239 e. The van der Waals surface area contributed by atoms with Gasteiger partial charge in [-0.25, -0.2) is 13.4 Å². The van der Waals surface area contributed by atoms with Gasteiger partial charge in [0.1, 0.15) is 5.82 Å². The number of aryl methyl sites for hydroxylation is 1. The van der Waals surface area contributed by atoms with E-state index in [4.69, 9.17) is 4.98 Å². The van der Waals surface area contributed by atoms with Crippen molar-refractivity contribution in [3.8, 4) is 0 Å². The molecule has 7 rings (SSSR count). The number of rotatable bonds is 6. The lowest BCUT2D eigenvalue weighted by Gasteiger charge is -2.52. The molecule has 2 spiro atoms. The summed E-state index contributed by atoms with van der Waals surface area (Å²) < 4.78 is 27.2. The number of carbonyl (C=O) groups is 1. The molecule has 1 aromatic heterocycles. The van der Waals surface area contributed by atoms with Crippen molar-refractivity contribution in [1.29, 1.82) is 0 Å². The molecule has 43 heavy (non-hydrogen) atoms. The van der Waals surface area contributed by atoms with E-state index >= 15 is 0 Å². The van der Waals surface area contributed by atoms with Gasteiger partial charge in [-0.1, -0.05) is 12.8 Å².